The molecular weight excluding hydrogens is 240 g/mol. The molecular formula is C13H22N6. The minimum absolute atomic E-state index is 0.256. The molecule has 1 aromatic heterocycles. The van der Waals surface area contributed by atoms with Crippen molar-refractivity contribution in [3.05, 3.63) is 6.07 Å². The van der Waals surface area contributed by atoms with E-state index in [-0.39, 0.29) is 6.04 Å². The molecule has 2 heterocycles. The normalized spacial score (nSPS) is 26.8. The predicted molar refractivity (Wildman–Crippen MR) is 77.2 cm³/mol. The smallest absolute Gasteiger partial charge is 0.228 e. The van der Waals surface area contributed by atoms with Gasteiger partial charge in [-0.25, -0.2) is 0 Å². The number of nitrogens with two attached hydrogens (primary N) is 2. The highest BCUT2D eigenvalue weighted by molar-refractivity contribution is 5.53. The van der Waals surface area contributed by atoms with Crippen molar-refractivity contribution >= 4 is 17.6 Å². The molecule has 19 heavy (non-hydrogen) atoms. The van der Waals surface area contributed by atoms with E-state index in [0.717, 1.165) is 24.8 Å². The molecule has 1 saturated carbocycles. The molecule has 1 aliphatic carbocycles. The third kappa shape index (κ3) is 2.45. The van der Waals surface area contributed by atoms with Gasteiger partial charge in [-0.15, -0.1) is 0 Å². The Morgan fingerprint density at radius 2 is 2.00 bits per heavy atom. The van der Waals surface area contributed by atoms with Gasteiger partial charge >= 0.3 is 0 Å². The van der Waals surface area contributed by atoms with Gasteiger partial charge in [-0.2, -0.15) is 9.97 Å². The minimum atomic E-state index is 0.256. The molecule has 6 nitrogen and oxygen atoms in total. The van der Waals surface area contributed by atoms with Gasteiger partial charge in [-0.3, -0.25) is 0 Å². The first-order chi connectivity index (χ1) is 9.04. The van der Waals surface area contributed by atoms with Crippen LogP contribution in [0.3, 0.4) is 0 Å². The summed E-state index contributed by atoms with van der Waals surface area (Å²) in [4.78, 5) is 12.9. The van der Waals surface area contributed by atoms with Crippen LogP contribution in [-0.2, 0) is 0 Å². The van der Waals surface area contributed by atoms with Crippen molar-refractivity contribution in [2.75, 3.05) is 42.7 Å². The van der Waals surface area contributed by atoms with E-state index in [9.17, 15) is 0 Å². The summed E-state index contributed by atoms with van der Waals surface area (Å²) in [5, 5.41) is 0. The van der Waals surface area contributed by atoms with Gasteiger partial charge in [0.15, 0.2) is 0 Å². The highest BCUT2D eigenvalue weighted by Crippen LogP contribution is 2.41. The number of nitrogen functional groups attached to an aromatic ring is 1. The van der Waals surface area contributed by atoms with Crippen LogP contribution < -0.4 is 21.3 Å². The minimum Gasteiger partial charge on any atom is -0.383 e. The van der Waals surface area contributed by atoms with Crippen LogP contribution in [-0.4, -0.2) is 43.2 Å². The van der Waals surface area contributed by atoms with E-state index < -0.39 is 0 Å². The average molecular weight is 262 g/mol. The lowest BCUT2D eigenvalue weighted by molar-refractivity contribution is 0.456. The van der Waals surface area contributed by atoms with Crippen LogP contribution in [0.4, 0.5) is 17.6 Å². The lowest BCUT2D eigenvalue weighted by Crippen LogP contribution is -2.30. The summed E-state index contributed by atoms with van der Waals surface area (Å²) >= 11 is 0. The first-order valence-electron chi connectivity index (χ1n) is 6.87. The van der Waals surface area contributed by atoms with Gasteiger partial charge in [0.1, 0.15) is 11.6 Å². The summed E-state index contributed by atoms with van der Waals surface area (Å²) in [5.41, 5.74) is 12.1. The molecule has 0 aromatic carbocycles. The summed E-state index contributed by atoms with van der Waals surface area (Å²) in [6.07, 6.45) is 2.67. The fourth-order valence-corrected chi connectivity index (χ4v) is 2.87. The summed E-state index contributed by atoms with van der Waals surface area (Å²) in [6.45, 7) is 1.86. The van der Waals surface area contributed by atoms with Crippen molar-refractivity contribution in [2.45, 2.75) is 18.9 Å². The quantitative estimate of drug-likeness (QED) is 0.815. The van der Waals surface area contributed by atoms with E-state index in [1.54, 1.807) is 0 Å². The number of hydrogen-bond acceptors (Lipinski definition) is 6. The Hall–Kier alpha value is -1.56. The second-order valence-electron chi connectivity index (χ2n) is 5.92. The Bertz CT molecular complexity index is 470. The van der Waals surface area contributed by atoms with Crippen LogP contribution in [0.2, 0.25) is 0 Å². The third-order valence-corrected chi connectivity index (χ3v) is 4.08. The van der Waals surface area contributed by atoms with E-state index in [1.165, 1.54) is 12.8 Å². The molecule has 1 aliphatic heterocycles. The number of anilines is 3. The van der Waals surface area contributed by atoms with Crippen LogP contribution in [0.15, 0.2) is 6.07 Å². The molecule has 0 radical (unpaired) electrons. The maximum atomic E-state index is 6.26. The maximum absolute atomic E-state index is 6.26. The average Bonchev–Trinajstić information content (AvgIpc) is 3.12. The van der Waals surface area contributed by atoms with Crippen LogP contribution in [0.1, 0.15) is 12.8 Å². The molecule has 0 spiro atoms. The van der Waals surface area contributed by atoms with Crippen molar-refractivity contribution in [3.8, 4) is 0 Å². The van der Waals surface area contributed by atoms with Crippen LogP contribution in [0.5, 0.6) is 0 Å². The number of rotatable bonds is 3. The summed E-state index contributed by atoms with van der Waals surface area (Å²) in [6, 6.07) is 2.10. The highest BCUT2D eigenvalue weighted by Gasteiger charge is 2.41. The summed E-state index contributed by atoms with van der Waals surface area (Å²) in [7, 11) is 3.84. The van der Waals surface area contributed by atoms with Gasteiger partial charge in [-0.1, -0.05) is 0 Å². The molecule has 0 unspecified atom stereocenters. The van der Waals surface area contributed by atoms with Gasteiger partial charge in [0.2, 0.25) is 5.95 Å². The van der Waals surface area contributed by atoms with Crippen LogP contribution in [0, 0.1) is 11.8 Å². The molecule has 2 fully saturated rings. The molecule has 2 aliphatic rings. The van der Waals surface area contributed by atoms with Crippen molar-refractivity contribution in [1.29, 1.82) is 0 Å². The van der Waals surface area contributed by atoms with E-state index in [2.05, 4.69) is 14.9 Å². The number of aromatic nitrogens is 2. The standard InChI is InChI=1S/C13H22N6/c1-18(2)13-16-11(15)5-12(17-13)19-6-9(8-3-4-8)10(14)7-19/h5,8-10H,3-4,6-7,14H2,1-2H3,(H2,15,16,17)/t9-,10+/m1/s1. The largest absolute Gasteiger partial charge is 0.383 e. The van der Waals surface area contributed by atoms with Crippen LogP contribution in [0.25, 0.3) is 0 Å². The lowest BCUT2D eigenvalue weighted by Gasteiger charge is -2.20. The second-order valence-corrected chi connectivity index (χ2v) is 5.92. The van der Waals surface area contributed by atoms with Gasteiger partial charge in [0.25, 0.3) is 0 Å². The zero-order chi connectivity index (χ0) is 13.6. The van der Waals surface area contributed by atoms with Gasteiger partial charge in [-0.05, 0) is 24.7 Å². The first kappa shape index (κ1) is 12.5. The molecule has 1 aromatic rings. The summed E-state index contributed by atoms with van der Waals surface area (Å²) < 4.78 is 0. The van der Waals surface area contributed by atoms with E-state index in [0.29, 0.717) is 17.7 Å². The van der Waals surface area contributed by atoms with Crippen molar-refractivity contribution in [1.82, 2.24) is 9.97 Å². The first-order valence-corrected chi connectivity index (χ1v) is 6.87. The lowest BCUT2D eigenvalue weighted by atomic mass is 9.99. The number of hydrogen-bond donors (Lipinski definition) is 2. The molecule has 3 rings (SSSR count). The monoisotopic (exact) mass is 262 g/mol. The van der Waals surface area contributed by atoms with Crippen molar-refractivity contribution < 1.29 is 0 Å². The Morgan fingerprint density at radius 1 is 1.26 bits per heavy atom. The fraction of sp³-hybridized carbons (Fsp3) is 0.692. The zero-order valence-corrected chi connectivity index (χ0v) is 11.6. The van der Waals surface area contributed by atoms with Gasteiger partial charge in [0.05, 0.1) is 0 Å². The van der Waals surface area contributed by atoms with Crippen LogP contribution >= 0.6 is 0 Å². The molecule has 2 atom stereocenters. The topological polar surface area (TPSA) is 84.3 Å². The Morgan fingerprint density at radius 3 is 2.63 bits per heavy atom. The molecule has 4 N–H and O–H groups in total. The molecule has 104 valence electrons. The fourth-order valence-electron chi connectivity index (χ4n) is 2.87. The highest BCUT2D eigenvalue weighted by atomic mass is 15.3. The molecule has 0 bridgehead atoms. The van der Waals surface area contributed by atoms with E-state index >= 15 is 0 Å². The second kappa shape index (κ2) is 4.52. The van der Waals surface area contributed by atoms with Crippen molar-refractivity contribution in [2.24, 2.45) is 17.6 Å². The molecule has 6 heteroatoms. The van der Waals surface area contributed by atoms with Crippen molar-refractivity contribution in [3.63, 3.8) is 0 Å². The molecule has 1 saturated heterocycles. The molecule has 0 amide bonds. The number of nitrogens with zero attached hydrogens (tertiary/aromatic N) is 4. The van der Waals surface area contributed by atoms with E-state index in [1.807, 2.05) is 25.1 Å². The zero-order valence-electron chi connectivity index (χ0n) is 11.6. The van der Waals surface area contributed by atoms with Gasteiger partial charge < -0.3 is 21.3 Å². The Labute approximate surface area is 113 Å². The Balaban J connectivity index is 1.82. The third-order valence-electron chi connectivity index (χ3n) is 4.08. The SMILES string of the molecule is CN(C)c1nc(N)cc(N2C[C@H](C3CC3)[C@@H](N)C2)n1. The summed E-state index contributed by atoms with van der Waals surface area (Å²) in [5.74, 6) is 3.50. The van der Waals surface area contributed by atoms with Gasteiger partial charge in [0, 0.05) is 39.3 Å². The maximum Gasteiger partial charge on any atom is 0.228 e. The Kier molecular flexibility index (Phi) is 2.97. The predicted octanol–water partition coefficient (Wildman–Crippen LogP) is 0.298. The van der Waals surface area contributed by atoms with E-state index in [4.69, 9.17) is 11.5 Å².